The Hall–Kier alpha value is -3.93. The summed E-state index contributed by atoms with van der Waals surface area (Å²) in [5.74, 6) is -0.471. The number of nitrogens with zero attached hydrogens (tertiary/aromatic N) is 1. The maximum Gasteiger partial charge on any atom is 0.287 e. The quantitative estimate of drug-likeness (QED) is 0.572. The Labute approximate surface area is 166 Å². The van der Waals surface area contributed by atoms with E-state index in [1.54, 1.807) is 41.1 Å². The van der Waals surface area contributed by atoms with Gasteiger partial charge >= 0.3 is 0 Å². The zero-order chi connectivity index (χ0) is 20.2. The van der Waals surface area contributed by atoms with Gasteiger partial charge in [-0.15, -0.1) is 0 Å². The van der Waals surface area contributed by atoms with Crippen LogP contribution in [0, 0.1) is 0 Å². The highest BCUT2D eigenvalue weighted by molar-refractivity contribution is 5.93. The molecule has 1 amide bonds. The summed E-state index contributed by atoms with van der Waals surface area (Å²) in [6, 6.07) is 20.7. The number of benzene rings is 2. The first-order valence-corrected chi connectivity index (χ1v) is 9.14. The molecule has 0 aliphatic carbocycles. The van der Waals surface area contributed by atoms with Crippen LogP contribution in [0.3, 0.4) is 0 Å². The molecule has 0 saturated heterocycles. The number of amides is 1. The van der Waals surface area contributed by atoms with Crippen LogP contribution in [-0.2, 0) is 13.1 Å². The lowest BCUT2D eigenvalue weighted by molar-refractivity contribution is 0.0923. The molecule has 6 heteroatoms. The molecular weight excluding hydrogens is 368 g/mol. The molecule has 0 atom stereocenters. The van der Waals surface area contributed by atoms with E-state index in [1.165, 1.54) is 12.1 Å². The Balaban J connectivity index is 1.42. The van der Waals surface area contributed by atoms with Gasteiger partial charge in [0.1, 0.15) is 5.58 Å². The van der Waals surface area contributed by atoms with Crippen LogP contribution in [-0.4, -0.2) is 10.5 Å². The molecule has 4 aromatic rings. The number of carbonyl (C=O) groups is 1. The van der Waals surface area contributed by atoms with Gasteiger partial charge in [0, 0.05) is 24.9 Å². The average molecular weight is 386 g/mol. The van der Waals surface area contributed by atoms with E-state index in [2.05, 4.69) is 5.32 Å². The lowest BCUT2D eigenvalue weighted by atomic mass is 10.1. The molecule has 0 aliphatic rings. The molecule has 6 nitrogen and oxygen atoms in total. The van der Waals surface area contributed by atoms with E-state index in [0.717, 1.165) is 11.1 Å². The normalized spacial score (nSPS) is 10.8. The number of aromatic nitrogens is 1. The predicted molar refractivity (Wildman–Crippen MR) is 110 cm³/mol. The number of rotatable bonds is 5. The summed E-state index contributed by atoms with van der Waals surface area (Å²) in [5, 5.41) is 3.20. The maximum absolute atomic E-state index is 12.4. The Morgan fingerprint density at radius 2 is 1.62 bits per heavy atom. The van der Waals surface area contributed by atoms with Crippen LogP contribution in [0.25, 0.3) is 11.0 Å². The minimum absolute atomic E-state index is 0.0197. The van der Waals surface area contributed by atoms with Gasteiger partial charge in [0.25, 0.3) is 11.5 Å². The topological polar surface area (TPSA) is 81.3 Å². The second kappa shape index (κ2) is 7.98. The molecule has 144 valence electrons. The molecule has 1 N–H and O–H groups in total. The molecule has 2 aromatic carbocycles. The van der Waals surface area contributed by atoms with Gasteiger partial charge in [0.05, 0.1) is 11.9 Å². The summed E-state index contributed by atoms with van der Waals surface area (Å²) in [7, 11) is 0. The van der Waals surface area contributed by atoms with E-state index in [9.17, 15) is 14.4 Å². The Morgan fingerprint density at radius 3 is 2.41 bits per heavy atom. The van der Waals surface area contributed by atoms with Crippen LogP contribution in [0.2, 0.25) is 0 Å². The molecule has 29 heavy (non-hydrogen) atoms. The zero-order valence-corrected chi connectivity index (χ0v) is 15.5. The molecule has 0 saturated carbocycles. The van der Waals surface area contributed by atoms with E-state index in [1.807, 2.05) is 30.3 Å². The van der Waals surface area contributed by atoms with Crippen LogP contribution in [0.5, 0.6) is 0 Å². The second-order valence-corrected chi connectivity index (χ2v) is 6.64. The zero-order valence-electron chi connectivity index (χ0n) is 15.5. The molecule has 0 unspecified atom stereocenters. The average Bonchev–Trinajstić information content (AvgIpc) is 2.74. The van der Waals surface area contributed by atoms with Crippen molar-refractivity contribution in [3.8, 4) is 0 Å². The second-order valence-electron chi connectivity index (χ2n) is 6.64. The highest BCUT2D eigenvalue weighted by Gasteiger charge is 2.12. The number of carbonyl (C=O) groups excluding carboxylic acids is 1. The molecule has 0 fully saturated rings. The molecule has 0 bridgehead atoms. The van der Waals surface area contributed by atoms with Gasteiger partial charge in [0.2, 0.25) is 0 Å². The van der Waals surface area contributed by atoms with Crippen molar-refractivity contribution < 1.29 is 9.21 Å². The number of hydrogen-bond acceptors (Lipinski definition) is 4. The fourth-order valence-electron chi connectivity index (χ4n) is 3.04. The van der Waals surface area contributed by atoms with Gasteiger partial charge in [-0.3, -0.25) is 14.4 Å². The van der Waals surface area contributed by atoms with E-state index in [4.69, 9.17) is 4.42 Å². The van der Waals surface area contributed by atoms with E-state index < -0.39 is 5.91 Å². The third-order valence-electron chi connectivity index (χ3n) is 4.59. The number of fused-ring (bicyclic) bond motifs is 1. The molecule has 0 spiro atoms. The monoisotopic (exact) mass is 386 g/mol. The summed E-state index contributed by atoms with van der Waals surface area (Å²) in [6.07, 6.45) is 1.74. The van der Waals surface area contributed by atoms with Gasteiger partial charge in [-0.1, -0.05) is 42.5 Å². The Kier molecular flexibility index (Phi) is 5.07. The van der Waals surface area contributed by atoms with Crippen molar-refractivity contribution in [1.82, 2.24) is 9.88 Å². The number of pyridine rings is 1. The van der Waals surface area contributed by atoms with Crippen molar-refractivity contribution in [2.75, 3.05) is 0 Å². The fourth-order valence-corrected chi connectivity index (χ4v) is 3.04. The summed E-state index contributed by atoms with van der Waals surface area (Å²) in [4.78, 5) is 36.3. The Morgan fingerprint density at radius 1 is 0.897 bits per heavy atom. The highest BCUT2D eigenvalue weighted by atomic mass is 16.3. The number of nitrogens with one attached hydrogen (secondary N) is 1. The highest BCUT2D eigenvalue weighted by Crippen LogP contribution is 2.12. The summed E-state index contributed by atoms with van der Waals surface area (Å²) in [6.45, 7) is 0.773. The maximum atomic E-state index is 12.4. The van der Waals surface area contributed by atoms with Gasteiger partial charge in [0.15, 0.2) is 11.2 Å². The first-order chi connectivity index (χ1) is 14.1. The predicted octanol–water partition coefficient (Wildman–Crippen LogP) is 2.93. The van der Waals surface area contributed by atoms with Gasteiger partial charge in [-0.25, -0.2) is 0 Å². The third-order valence-corrected chi connectivity index (χ3v) is 4.59. The van der Waals surface area contributed by atoms with Crippen molar-refractivity contribution in [1.29, 1.82) is 0 Å². The van der Waals surface area contributed by atoms with Crippen molar-refractivity contribution in [2.24, 2.45) is 0 Å². The number of para-hydroxylation sites is 1. The molecular formula is C23H18N2O4. The van der Waals surface area contributed by atoms with Crippen LogP contribution in [0.1, 0.15) is 21.7 Å². The van der Waals surface area contributed by atoms with E-state index >= 15 is 0 Å². The first-order valence-electron chi connectivity index (χ1n) is 9.14. The smallest absolute Gasteiger partial charge is 0.287 e. The van der Waals surface area contributed by atoms with Crippen molar-refractivity contribution in [3.05, 3.63) is 116 Å². The summed E-state index contributed by atoms with van der Waals surface area (Å²) >= 11 is 0. The van der Waals surface area contributed by atoms with Crippen molar-refractivity contribution >= 4 is 16.9 Å². The molecule has 0 aliphatic heterocycles. The standard InChI is InChI=1S/C23H18N2O4/c26-19-13-21(29-20-6-2-1-5-18(19)20)23(28)24-14-16-8-10-17(11-9-16)15-25-12-4-3-7-22(25)27/h1-13H,14-15H2,(H,24,28). The minimum Gasteiger partial charge on any atom is -0.451 e. The molecule has 4 rings (SSSR count). The minimum atomic E-state index is -0.451. The third kappa shape index (κ3) is 4.16. The SMILES string of the molecule is O=C(NCc1ccc(Cn2ccccc2=O)cc1)c1cc(=O)c2ccccc2o1. The van der Waals surface area contributed by atoms with Crippen molar-refractivity contribution in [3.63, 3.8) is 0 Å². The first kappa shape index (κ1) is 18.4. The van der Waals surface area contributed by atoms with Crippen molar-refractivity contribution in [2.45, 2.75) is 13.1 Å². The molecule has 2 aromatic heterocycles. The van der Waals surface area contributed by atoms with Gasteiger partial charge in [-0.2, -0.15) is 0 Å². The van der Waals surface area contributed by atoms with Gasteiger partial charge in [-0.05, 0) is 29.3 Å². The fraction of sp³-hybridized carbons (Fsp3) is 0.0870. The van der Waals surface area contributed by atoms with Crippen LogP contribution in [0.15, 0.2) is 93.0 Å². The van der Waals surface area contributed by atoms with E-state index in [0.29, 0.717) is 24.1 Å². The van der Waals surface area contributed by atoms with Crippen LogP contribution >= 0.6 is 0 Å². The summed E-state index contributed by atoms with van der Waals surface area (Å²) in [5.41, 5.74) is 1.95. The van der Waals surface area contributed by atoms with E-state index in [-0.39, 0.29) is 16.7 Å². The lowest BCUT2D eigenvalue weighted by Crippen LogP contribution is -2.24. The molecule has 2 heterocycles. The largest absolute Gasteiger partial charge is 0.451 e. The van der Waals surface area contributed by atoms with Crippen LogP contribution in [0.4, 0.5) is 0 Å². The Bertz CT molecular complexity index is 1290. The van der Waals surface area contributed by atoms with Crippen LogP contribution < -0.4 is 16.3 Å². The summed E-state index contributed by atoms with van der Waals surface area (Å²) < 4.78 is 7.17. The number of hydrogen-bond donors (Lipinski definition) is 1. The lowest BCUT2D eigenvalue weighted by Gasteiger charge is -2.08. The molecule has 0 radical (unpaired) electrons. The van der Waals surface area contributed by atoms with Gasteiger partial charge < -0.3 is 14.3 Å².